The van der Waals surface area contributed by atoms with Gasteiger partial charge in [0.15, 0.2) is 6.10 Å². The van der Waals surface area contributed by atoms with Crippen LogP contribution in [0.1, 0.15) is 17.3 Å². The molecule has 0 aliphatic rings. The van der Waals surface area contributed by atoms with E-state index in [2.05, 4.69) is 5.32 Å². The second kappa shape index (κ2) is 8.06. The van der Waals surface area contributed by atoms with Gasteiger partial charge in [-0.25, -0.2) is 13.6 Å². The third-order valence-electron chi connectivity index (χ3n) is 4.71. The summed E-state index contributed by atoms with van der Waals surface area (Å²) in [6, 6.07) is 13.1. The number of benzene rings is 3. The van der Waals surface area contributed by atoms with Crippen molar-refractivity contribution >= 4 is 39.5 Å². The smallest absolute Gasteiger partial charge is 0.339 e. The van der Waals surface area contributed by atoms with Gasteiger partial charge in [-0.2, -0.15) is 0 Å². The number of rotatable bonds is 5. The summed E-state index contributed by atoms with van der Waals surface area (Å²) in [7, 11) is 1.46. The Hall–Kier alpha value is -3.94. The Labute approximate surface area is 175 Å². The number of anilines is 1. The Bertz CT molecular complexity index is 1290. The van der Waals surface area contributed by atoms with Gasteiger partial charge in [0.05, 0.1) is 18.4 Å². The SMILES string of the molecule is COc1cc2c(cc1NC(=O)C(C)OC(=O)c1cc(F)cc(F)c1)oc1ccccc12. The minimum Gasteiger partial charge on any atom is -0.495 e. The lowest BCUT2D eigenvalue weighted by molar-refractivity contribution is -0.123. The first-order valence-corrected chi connectivity index (χ1v) is 9.33. The summed E-state index contributed by atoms with van der Waals surface area (Å²) in [5.41, 5.74) is 1.21. The normalized spacial score (nSPS) is 12.0. The highest BCUT2D eigenvalue weighted by Crippen LogP contribution is 2.36. The average Bonchev–Trinajstić information content (AvgIpc) is 3.09. The van der Waals surface area contributed by atoms with Crippen molar-refractivity contribution in [2.75, 3.05) is 12.4 Å². The number of furan rings is 1. The zero-order chi connectivity index (χ0) is 22.1. The van der Waals surface area contributed by atoms with Crippen LogP contribution in [-0.4, -0.2) is 25.1 Å². The van der Waals surface area contributed by atoms with Gasteiger partial charge in [0.25, 0.3) is 5.91 Å². The summed E-state index contributed by atoms with van der Waals surface area (Å²) in [6.07, 6.45) is -1.24. The van der Waals surface area contributed by atoms with E-state index in [9.17, 15) is 18.4 Å². The molecule has 1 atom stereocenters. The molecular formula is C23H17F2NO5. The van der Waals surface area contributed by atoms with E-state index in [0.29, 0.717) is 28.7 Å². The number of para-hydroxylation sites is 1. The monoisotopic (exact) mass is 425 g/mol. The van der Waals surface area contributed by atoms with Crippen LogP contribution in [0.3, 0.4) is 0 Å². The summed E-state index contributed by atoms with van der Waals surface area (Å²) in [6.45, 7) is 1.34. The summed E-state index contributed by atoms with van der Waals surface area (Å²) >= 11 is 0. The lowest BCUT2D eigenvalue weighted by Crippen LogP contribution is -2.30. The van der Waals surface area contributed by atoms with Gasteiger partial charge in [-0.05, 0) is 31.2 Å². The molecule has 0 saturated heterocycles. The number of nitrogens with one attached hydrogen (secondary N) is 1. The highest BCUT2D eigenvalue weighted by molar-refractivity contribution is 6.08. The molecule has 1 heterocycles. The van der Waals surface area contributed by atoms with E-state index >= 15 is 0 Å². The molecule has 0 radical (unpaired) electrons. The summed E-state index contributed by atoms with van der Waals surface area (Å²) in [5.74, 6) is -3.14. The number of hydrogen-bond acceptors (Lipinski definition) is 5. The molecule has 31 heavy (non-hydrogen) atoms. The van der Waals surface area contributed by atoms with Crippen molar-refractivity contribution in [3.05, 3.63) is 71.8 Å². The highest BCUT2D eigenvalue weighted by atomic mass is 19.1. The molecule has 6 nitrogen and oxygen atoms in total. The number of halogens is 2. The number of methoxy groups -OCH3 is 1. The van der Waals surface area contributed by atoms with Crippen molar-refractivity contribution in [2.45, 2.75) is 13.0 Å². The summed E-state index contributed by atoms with van der Waals surface area (Å²) < 4.78 is 42.9. The van der Waals surface area contributed by atoms with Crippen LogP contribution < -0.4 is 10.1 Å². The fraction of sp³-hybridized carbons (Fsp3) is 0.130. The van der Waals surface area contributed by atoms with E-state index in [1.807, 2.05) is 24.3 Å². The molecule has 0 saturated carbocycles. The number of amides is 1. The minimum absolute atomic E-state index is 0.318. The summed E-state index contributed by atoms with van der Waals surface area (Å²) in [4.78, 5) is 24.7. The zero-order valence-electron chi connectivity index (χ0n) is 16.6. The van der Waals surface area contributed by atoms with Gasteiger partial charge < -0.3 is 19.2 Å². The average molecular weight is 425 g/mol. The fourth-order valence-corrected chi connectivity index (χ4v) is 3.21. The van der Waals surface area contributed by atoms with E-state index in [4.69, 9.17) is 13.9 Å². The third kappa shape index (κ3) is 4.05. The molecule has 4 rings (SSSR count). The Morgan fingerprint density at radius 3 is 2.39 bits per heavy atom. The molecule has 1 aromatic heterocycles. The quantitative estimate of drug-likeness (QED) is 0.453. The van der Waals surface area contributed by atoms with Gasteiger partial charge in [-0.3, -0.25) is 4.79 Å². The molecule has 8 heteroatoms. The van der Waals surface area contributed by atoms with Crippen LogP contribution in [0.4, 0.5) is 14.5 Å². The number of fused-ring (bicyclic) bond motifs is 3. The molecule has 1 unspecified atom stereocenters. The van der Waals surface area contributed by atoms with Crippen LogP contribution in [0.15, 0.2) is 59.0 Å². The predicted octanol–water partition coefficient (Wildman–Crippen LogP) is 5.06. The second-order valence-electron chi connectivity index (χ2n) is 6.84. The van der Waals surface area contributed by atoms with Crippen LogP contribution in [0, 0.1) is 11.6 Å². The lowest BCUT2D eigenvalue weighted by atomic mass is 10.1. The molecule has 1 amide bonds. The second-order valence-corrected chi connectivity index (χ2v) is 6.84. The van der Waals surface area contributed by atoms with Crippen molar-refractivity contribution in [2.24, 2.45) is 0 Å². The number of carbonyl (C=O) groups excluding carboxylic acids is 2. The maximum atomic E-state index is 13.3. The van der Waals surface area contributed by atoms with Gasteiger partial charge in [0.2, 0.25) is 0 Å². The van der Waals surface area contributed by atoms with Gasteiger partial charge in [-0.1, -0.05) is 18.2 Å². The number of hydrogen-bond donors (Lipinski definition) is 1. The lowest BCUT2D eigenvalue weighted by Gasteiger charge is -2.15. The standard InChI is InChI=1S/C23H17F2NO5/c1-12(30-23(28)13-7-14(24)9-15(25)8-13)22(27)26-18-11-20-17(10-21(18)29-2)16-5-3-4-6-19(16)31-20/h3-12H,1-2H3,(H,26,27). The van der Waals surface area contributed by atoms with E-state index in [1.165, 1.54) is 14.0 Å². The van der Waals surface area contributed by atoms with Crippen molar-refractivity contribution in [1.29, 1.82) is 0 Å². The molecule has 0 aliphatic heterocycles. The summed E-state index contributed by atoms with van der Waals surface area (Å²) in [5, 5.41) is 4.35. The Kier molecular flexibility index (Phi) is 5.29. The van der Waals surface area contributed by atoms with E-state index in [0.717, 1.165) is 22.9 Å². The first kappa shape index (κ1) is 20.3. The Morgan fingerprint density at radius 1 is 0.968 bits per heavy atom. The van der Waals surface area contributed by atoms with E-state index in [1.54, 1.807) is 12.1 Å². The Morgan fingerprint density at radius 2 is 1.68 bits per heavy atom. The van der Waals surface area contributed by atoms with Crippen molar-refractivity contribution < 1.29 is 32.3 Å². The van der Waals surface area contributed by atoms with Crippen molar-refractivity contribution in [3.8, 4) is 5.75 Å². The Balaban J connectivity index is 1.55. The van der Waals surface area contributed by atoms with Crippen LogP contribution in [0.5, 0.6) is 5.75 Å². The number of esters is 1. The van der Waals surface area contributed by atoms with Crippen LogP contribution in [0.25, 0.3) is 21.9 Å². The molecule has 0 fully saturated rings. The molecular weight excluding hydrogens is 408 g/mol. The number of ether oxygens (including phenoxy) is 2. The molecule has 158 valence electrons. The van der Waals surface area contributed by atoms with Crippen LogP contribution in [-0.2, 0) is 9.53 Å². The van der Waals surface area contributed by atoms with Crippen LogP contribution >= 0.6 is 0 Å². The molecule has 1 N–H and O–H groups in total. The van der Waals surface area contributed by atoms with Crippen LogP contribution in [0.2, 0.25) is 0 Å². The van der Waals surface area contributed by atoms with Gasteiger partial charge in [-0.15, -0.1) is 0 Å². The van der Waals surface area contributed by atoms with E-state index in [-0.39, 0.29) is 5.56 Å². The van der Waals surface area contributed by atoms with Gasteiger partial charge in [0, 0.05) is 22.9 Å². The van der Waals surface area contributed by atoms with Crippen molar-refractivity contribution in [1.82, 2.24) is 0 Å². The first-order chi connectivity index (χ1) is 14.9. The topological polar surface area (TPSA) is 77.8 Å². The van der Waals surface area contributed by atoms with E-state index < -0.39 is 29.6 Å². The largest absolute Gasteiger partial charge is 0.495 e. The third-order valence-corrected chi connectivity index (χ3v) is 4.71. The molecule has 3 aromatic carbocycles. The molecule has 4 aromatic rings. The minimum atomic E-state index is -1.24. The highest BCUT2D eigenvalue weighted by Gasteiger charge is 2.22. The first-order valence-electron chi connectivity index (χ1n) is 9.33. The predicted molar refractivity (Wildman–Crippen MR) is 110 cm³/mol. The molecule has 0 bridgehead atoms. The molecule has 0 spiro atoms. The van der Waals surface area contributed by atoms with Gasteiger partial charge in [0.1, 0.15) is 28.5 Å². The fourth-order valence-electron chi connectivity index (χ4n) is 3.21. The van der Waals surface area contributed by atoms with Crippen molar-refractivity contribution in [3.63, 3.8) is 0 Å². The maximum absolute atomic E-state index is 13.3. The van der Waals surface area contributed by atoms with Gasteiger partial charge >= 0.3 is 5.97 Å². The maximum Gasteiger partial charge on any atom is 0.339 e. The number of carbonyl (C=O) groups is 2. The molecule has 0 aliphatic carbocycles. The zero-order valence-corrected chi connectivity index (χ0v) is 16.6.